The van der Waals surface area contributed by atoms with Gasteiger partial charge in [0.05, 0.1) is 23.0 Å². The molecule has 0 unspecified atom stereocenters. The molecule has 2 aromatic heterocycles. The molecular weight excluding hydrogens is 377 g/mol. The zero-order valence-electron chi connectivity index (χ0n) is 13.7. The number of aryl methyl sites for hydroxylation is 1. The van der Waals surface area contributed by atoms with Crippen LogP contribution in [0.4, 0.5) is 13.2 Å². The summed E-state index contributed by atoms with van der Waals surface area (Å²) in [6, 6.07) is 2.65. The molecule has 0 saturated carbocycles. The number of hydrogen-bond donors (Lipinski definition) is 1. The first-order valence-electron chi connectivity index (χ1n) is 7.49. The molecule has 11 heteroatoms. The first-order valence-corrected chi connectivity index (χ1v) is 7.86. The van der Waals surface area contributed by atoms with Gasteiger partial charge in [0.1, 0.15) is 5.76 Å². The summed E-state index contributed by atoms with van der Waals surface area (Å²) in [5.41, 5.74) is -2.09. The Labute approximate surface area is 150 Å². The Morgan fingerprint density at radius 1 is 1.42 bits per heavy atom. The lowest BCUT2D eigenvalue weighted by Crippen LogP contribution is -2.56. The molecule has 1 aliphatic heterocycles. The summed E-state index contributed by atoms with van der Waals surface area (Å²) in [5, 5.41) is 17.8. The van der Waals surface area contributed by atoms with Crippen molar-refractivity contribution in [1.82, 2.24) is 14.8 Å². The van der Waals surface area contributed by atoms with E-state index in [-0.39, 0.29) is 23.1 Å². The van der Waals surface area contributed by atoms with Gasteiger partial charge in [-0.1, -0.05) is 11.6 Å². The van der Waals surface area contributed by atoms with E-state index in [1.54, 1.807) is 18.5 Å². The molecule has 26 heavy (non-hydrogen) atoms. The fourth-order valence-corrected chi connectivity index (χ4v) is 2.68. The summed E-state index contributed by atoms with van der Waals surface area (Å²) in [4.78, 5) is 12.3. The highest BCUT2D eigenvalue weighted by molar-refractivity contribution is 6.31. The molecule has 7 nitrogen and oxygen atoms in total. The maximum Gasteiger partial charge on any atom is 0.438 e. The highest BCUT2D eigenvalue weighted by atomic mass is 35.5. The maximum absolute atomic E-state index is 13.1. The summed E-state index contributed by atoms with van der Waals surface area (Å²) in [7, 11) is 0. The van der Waals surface area contributed by atoms with Crippen LogP contribution in [0.1, 0.15) is 34.1 Å². The Hall–Kier alpha value is -2.33. The van der Waals surface area contributed by atoms with Gasteiger partial charge in [-0.15, -0.1) is 0 Å². The lowest BCUT2D eigenvalue weighted by Gasteiger charge is -2.31. The topological polar surface area (TPSA) is 83.9 Å². The van der Waals surface area contributed by atoms with Crippen molar-refractivity contribution in [1.29, 1.82) is 0 Å². The van der Waals surface area contributed by atoms with E-state index in [9.17, 15) is 23.1 Å². The van der Waals surface area contributed by atoms with Crippen molar-refractivity contribution < 1.29 is 27.5 Å². The van der Waals surface area contributed by atoms with Crippen LogP contribution in [0.5, 0.6) is 0 Å². The molecule has 3 rings (SSSR count). The predicted octanol–water partition coefficient (Wildman–Crippen LogP) is 2.88. The van der Waals surface area contributed by atoms with Gasteiger partial charge >= 0.3 is 12.1 Å². The number of halogens is 4. The quantitative estimate of drug-likeness (QED) is 0.873. The SMILES string of the molecule is Cc1nn(Cc2ccc(C(=O)N3N=CC[C@@]3(O)C(F)(F)F)o2)c(C)c1Cl. The van der Waals surface area contributed by atoms with Gasteiger partial charge in [0.15, 0.2) is 5.76 Å². The van der Waals surface area contributed by atoms with Crippen LogP contribution in [0, 0.1) is 13.8 Å². The van der Waals surface area contributed by atoms with E-state index >= 15 is 0 Å². The third kappa shape index (κ3) is 2.88. The van der Waals surface area contributed by atoms with E-state index in [0.717, 1.165) is 6.21 Å². The van der Waals surface area contributed by atoms with E-state index in [2.05, 4.69) is 10.2 Å². The van der Waals surface area contributed by atoms with Crippen LogP contribution in [0.2, 0.25) is 5.02 Å². The Balaban J connectivity index is 1.82. The van der Waals surface area contributed by atoms with Crippen molar-refractivity contribution in [3.8, 4) is 0 Å². The molecule has 1 atom stereocenters. The highest BCUT2D eigenvalue weighted by Crippen LogP contribution is 2.39. The second-order valence-electron chi connectivity index (χ2n) is 5.84. The Bertz CT molecular complexity index is 889. The van der Waals surface area contributed by atoms with E-state index in [4.69, 9.17) is 16.0 Å². The van der Waals surface area contributed by atoms with Crippen LogP contribution in [0.15, 0.2) is 21.7 Å². The molecule has 0 radical (unpaired) electrons. The van der Waals surface area contributed by atoms with Crippen LogP contribution >= 0.6 is 11.6 Å². The van der Waals surface area contributed by atoms with Gasteiger partial charge in [-0.05, 0) is 26.0 Å². The Morgan fingerprint density at radius 3 is 2.69 bits per heavy atom. The predicted molar refractivity (Wildman–Crippen MR) is 84.8 cm³/mol. The van der Waals surface area contributed by atoms with Crippen LogP contribution in [0.25, 0.3) is 0 Å². The average Bonchev–Trinajstić information content (AvgIpc) is 3.23. The average molecular weight is 391 g/mol. The number of furan rings is 1. The van der Waals surface area contributed by atoms with Gasteiger partial charge in [0.25, 0.3) is 5.72 Å². The molecule has 3 heterocycles. The number of carbonyl (C=O) groups excluding carboxylic acids is 1. The summed E-state index contributed by atoms with van der Waals surface area (Å²) in [5.74, 6) is -1.29. The lowest BCUT2D eigenvalue weighted by atomic mass is 10.1. The van der Waals surface area contributed by atoms with Crippen LogP contribution in [-0.2, 0) is 6.54 Å². The van der Waals surface area contributed by atoms with E-state index in [0.29, 0.717) is 16.4 Å². The summed E-state index contributed by atoms with van der Waals surface area (Å²) >= 11 is 6.06. The number of amides is 1. The summed E-state index contributed by atoms with van der Waals surface area (Å²) in [6.07, 6.45) is -5.08. The molecule has 1 N–H and O–H groups in total. The molecule has 0 aromatic carbocycles. The fourth-order valence-electron chi connectivity index (χ4n) is 2.55. The molecule has 0 fully saturated rings. The number of carbonyl (C=O) groups is 1. The smallest absolute Gasteiger partial charge is 0.438 e. The second-order valence-corrected chi connectivity index (χ2v) is 6.22. The first-order chi connectivity index (χ1) is 12.0. The zero-order chi connectivity index (χ0) is 19.3. The molecule has 0 saturated heterocycles. The molecule has 1 aliphatic rings. The van der Waals surface area contributed by atoms with Gasteiger partial charge < -0.3 is 9.52 Å². The number of aliphatic hydroxyl groups is 1. The van der Waals surface area contributed by atoms with Gasteiger partial charge in [-0.3, -0.25) is 9.48 Å². The Morgan fingerprint density at radius 2 is 2.12 bits per heavy atom. The number of aromatic nitrogens is 2. The van der Waals surface area contributed by atoms with Crippen molar-refractivity contribution in [2.24, 2.45) is 5.10 Å². The van der Waals surface area contributed by atoms with Crippen molar-refractivity contribution in [2.45, 2.75) is 38.7 Å². The van der Waals surface area contributed by atoms with Crippen LogP contribution in [-0.4, -0.2) is 43.9 Å². The van der Waals surface area contributed by atoms with Crippen molar-refractivity contribution in [2.75, 3.05) is 0 Å². The number of alkyl halides is 3. The number of hydrogen-bond acceptors (Lipinski definition) is 5. The van der Waals surface area contributed by atoms with E-state index < -0.39 is 24.2 Å². The van der Waals surface area contributed by atoms with E-state index in [1.165, 1.54) is 12.1 Å². The van der Waals surface area contributed by atoms with E-state index in [1.807, 2.05) is 0 Å². The monoisotopic (exact) mass is 390 g/mol. The third-order valence-electron chi connectivity index (χ3n) is 4.04. The molecule has 0 bridgehead atoms. The minimum atomic E-state index is -5.06. The highest BCUT2D eigenvalue weighted by Gasteiger charge is 2.61. The van der Waals surface area contributed by atoms with Crippen molar-refractivity contribution in [3.05, 3.63) is 40.1 Å². The maximum atomic E-state index is 13.1. The summed E-state index contributed by atoms with van der Waals surface area (Å²) in [6.45, 7) is 3.62. The molecule has 140 valence electrons. The summed E-state index contributed by atoms with van der Waals surface area (Å²) < 4.78 is 46.1. The standard InChI is InChI=1S/C15H14ClF3N4O3/c1-8-12(16)9(2)22(21-8)7-10-3-4-11(26-10)13(24)23-14(25,5-6-20-23)15(17,18)19/h3-4,6,25H,5,7H2,1-2H3/t14-/m1/s1. The van der Waals surface area contributed by atoms with Gasteiger partial charge in [-0.2, -0.15) is 28.4 Å². The van der Waals surface area contributed by atoms with Crippen molar-refractivity contribution in [3.63, 3.8) is 0 Å². The van der Waals surface area contributed by atoms with Gasteiger partial charge in [0.2, 0.25) is 0 Å². The minimum absolute atomic E-state index is 0.0181. The van der Waals surface area contributed by atoms with Gasteiger partial charge in [-0.25, -0.2) is 0 Å². The second kappa shape index (κ2) is 6.13. The van der Waals surface area contributed by atoms with Crippen molar-refractivity contribution >= 4 is 23.7 Å². The van der Waals surface area contributed by atoms with Gasteiger partial charge in [0, 0.05) is 12.6 Å². The lowest BCUT2D eigenvalue weighted by molar-refractivity contribution is -0.297. The number of nitrogens with zero attached hydrogens (tertiary/aromatic N) is 4. The molecular formula is C15H14ClF3N4O3. The number of hydrazone groups is 1. The molecule has 0 aliphatic carbocycles. The van der Waals surface area contributed by atoms with Crippen LogP contribution < -0.4 is 0 Å². The molecule has 2 aromatic rings. The minimum Gasteiger partial charge on any atom is -0.454 e. The largest absolute Gasteiger partial charge is 0.454 e. The Kier molecular flexibility index (Phi) is 4.35. The van der Waals surface area contributed by atoms with Crippen LogP contribution in [0.3, 0.4) is 0 Å². The number of rotatable bonds is 3. The molecule has 1 amide bonds. The fraction of sp³-hybridized carbons (Fsp3) is 0.400. The normalized spacial score (nSPS) is 20.2. The third-order valence-corrected chi connectivity index (χ3v) is 4.59. The first kappa shape index (κ1) is 18.5. The molecule has 0 spiro atoms. The zero-order valence-corrected chi connectivity index (χ0v) is 14.5.